The standard InChI is InChI=1S/C24H25FN5O8P/c1-33-18-5-7-19(8-6-18)38-24(32)35-14-37-39(36-12-16-3-2-4-17(25)11-16)15-34-10-9-30-13-27-20-21(30)28-23(26)29-22(20)31/h2-8,11,13H,9-10,12,14-15H2,1H3,(H3,26,28,29,31). The Labute approximate surface area is 222 Å². The molecule has 2 heterocycles. The van der Waals surface area contributed by atoms with Gasteiger partial charge in [0.1, 0.15) is 23.7 Å². The molecular weight excluding hydrogens is 536 g/mol. The van der Waals surface area contributed by atoms with E-state index in [1.165, 1.54) is 25.6 Å². The summed E-state index contributed by atoms with van der Waals surface area (Å²) < 4.78 is 47.3. The first kappa shape index (κ1) is 27.9. The predicted molar refractivity (Wildman–Crippen MR) is 138 cm³/mol. The zero-order valence-corrected chi connectivity index (χ0v) is 21.6. The molecular formula is C24H25FN5O8P. The van der Waals surface area contributed by atoms with Gasteiger partial charge in [0.05, 0.1) is 26.7 Å². The number of nitrogen functional groups attached to an aromatic ring is 1. The zero-order chi connectivity index (χ0) is 27.6. The third kappa shape index (κ3) is 8.19. The van der Waals surface area contributed by atoms with Gasteiger partial charge in [-0.1, -0.05) is 12.1 Å². The first-order chi connectivity index (χ1) is 18.9. The third-order valence-electron chi connectivity index (χ3n) is 5.06. The molecule has 39 heavy (non-hydrogen) atoms. The van der Waals surface area contributed by atoms with Crippen LogP contribution >= 0.6 is 8.38 Å². The summed E-state index contributed by atoms with van der Waals surface area (Å²) in [4.78, 5) is 34.5. The van der Waals surface area contributed by atoms with Crippen molar-refractivity contribution in [3.05, 3.63) is 76.6 Å². The highest BCUT2D eigenvalue weighted by Gasteiger charge is 2.15. The van der Waals surface area contributed by atoms with E-state index in [0.717, 1.165) is 0 Å². The van der Waals surface area contributed by atoms with Crippen LogP contribution in [-0.4, -0.2) is 52.5 Å². The maximum absolute atomic E-state index is 13.5. The fourth-order valence-electron chi connectivity index (χ4n) is 3.22. The Morgan fingerprint density at radius 2 is 1.95 bits per heavy atom. The summed E-state index contributed by atoms with van der Waals surface area (Å²) >= 11 is 0. The van der Waals surface area contributed by atoms with Crippen molar-refractivity contribution in [2.24, 2.45) is 0 Å². The van der Waals surface area contributed by atoms with Crippen LogP contribution < -0.4 is 20.8 Å². The number of nitrogens with one attached hydrogen (secondary N) is 1. The third-order valence-corrected chi connectivity index (χ3v) is 6.27. The Bertz CT molecular complexity index is 1450. The molecule has 1 unspecified atom stereocenters. The summed E-state index contributed by atoms with van der Waals surface area (Å²) in [6.07, 6.45) is 0.483. The van der Waals surface area contributed by atoms with Crippen molar-refractivity contribution in [3.8, 4) is 11.5 Å². The van der Waals surface area contributed by atoms with E-state index in [4.69, 9.17) is 33.7 Å². The highest BCUT2D eigenvalue weighted by Crippen LogP contribution is 2.39. The number of ether oxygens (including phenoxy) is 4. The molecule has 0 saturated carbocycles. The summed E-state index contributed by atoms with van der Waals surface area (Å²) in [7, 11) is -0.191. The topological polar surface area (TPSA) is 162 Å². The van der Waals surface area contributed by atoms with Crippen LogP contribution in [0.5, 0.6) is 11.5 Å². The Morgan fingerprint density at radius 1 is 1.15 bits per heavy atom. The van der Waals surface area contributed by atoms with Crippen LogP contribution in [0.15, 0.2) is 59.7 Å². The molecule has 4 aromatic rings. The van der Waals surface area contributed by atoms with E-state index >= 15 is 0 Å². The minimum absolute atomic E-state index is 0.00428. The molecule has 0 saturated heterocycles. The number of H-pyrrole nitrogens is 1. The van der Waals surface area contributed by atoms with Crippen LogP contribution in [0.1, 0.15) is 5.56 Å². The summed E-state index contributed by atoms with van der Waals surface area (Å²) in [5, 5.41) is 0. The number of carbonyl (C=O) groups excluding carboxylic acids is 1. The maximum Gasteiger partial charge on any atom is 0.515 e. The van der Waals surface area contributed by atoms with E-state index in [9.17, 15) is 14.0 Å². The summed E-state index contributed by atoms with van der Waals surface area (Å²) in [6.45, 7) is 0.0719. The summed E-state index contributed by atoms with van der Waals surface area (Å²) in [5.74, 6) is 0.445. The Hall–Kier alpha value is -4.10. The molecule has 1 atom stereocenters. The van der Waals surface area contributed by atoms with Crippen LogP contribution in [0.3, 0.4) is 0 Å². The number of nitrogens with two attached hydrogens (primary N) is 1. The molecule has 206 valence electrons. The van der Waals surface area contributed by atoms with Gasteiger partial charge in [0, 0.05) is 6.54 Å². The van der Waals surface area contributed by atoms with Gasteiger partial charge in [-0.15, -0.1) is 0 Å². The van der Waals surface area contributed by atoms with Gasteiger partial charge in [-0.3, -0.25) is 14.3 Å². The first-order valence-corrected chi connectivity index (χ1v) is 12.8. The van der Waals surface area contributed by atoms with Gasteiger partial charge in [0.15, 0.2) is 11.2 Å². The number of aromatic nitrogens is 4. The molecule has 2 aromatic carbocycles. The number of benzene rings is 2. The van der Waals surface area contributed by atoms with Gasteiger partial charge in [-0.2, -0.15) is 4.98 Å². The van der Waals surface area contributed by atoms with Crippen molar-refractivity contribution in [2.45, 2.75) is 13.2 Å². The maximum atomic E-state index is 13.5. The predicted octanol–water partition coefficient (Wildman–Crippen LogP) is 3.54. The molecule has 0 aliphatic rings. The first-order valence-electron chi connectivity index (χ1n) is 11.5. The number of fused-ring (bicyclic) bond motifs is 1. The molecule has 0 bridgehead atoms. The molecule has 0 fully saturated rings. The van der Waals surface area contributed by atoms with Crippen LogP contribution in [0.25, 0.3) is 11.2 Å². The van der Waals surface area contributed by atoms with E-state index < -0.39 is 32.7 Å². The lowest BCUT2D eigenvalue weighted by atomic mass is 10.2. The van der Waals surface area contributed by atoms with Gasteiger partial charge in [-0.25, -0.2) is 14.2 Å². The number of hydrogen-bond acceptors (Lipinski definition) is 11. The number of methoxy groups -OCH3 is 1. The average Bonchev–Trinajstić information content (AvgIpc) is 3.32. The number of nitrogens with zero attached hydrogens (tertiary/aromatic N) is 3. The number of imidazole rings is 1. The second kappa shape index (κ2) is 13.6. The smallest absolute Gasteiger partial charge is 0.497 e. The molecule has 0 aliphatic carbocycles. The Kier molecular flexibility index (Phi) is 9.75. The Balaban J connectivity index is 1.28. The highest BCUT2D eigenvalue weighted by atomic mass is 31.2. The number of halogens is 1. The second-order valence-electron chi connectivity index (χ2n) is 7.75. The molecule has 0 radical (unpaired) electrons. The monoisotopic (exact) mass is 561 g/mol. The van der Waals surface area contributed by atoms with E-state index in [1.807, 2.05) is 0 Å². The molecule has 2 aromatic heterocycles. The van der Waals surface area contributed by atoms with Gasteiger partial charge >= 0.3 is 6.16 Å². The van der Waals surface area contributed by atoms with Crippen LogP contribution in [0, 0.1) is 5.82 Å². The number of hydrogen-bond donors (Lipinski definition) is 2. The normalized spacial score (nSPS) is 11.8. The Morgan fingerprint density at radius 3 is 2.72 bits per heavy atom. The van der Waals surface area contributed by atoms with Crippen molar-refractivity contribution < 1.29 is 37.2 Å². The van der Waals surface area contributed by atoms with E-state index in [-0.39, 0.29) is 36.8 Å². The molecule has 15 heteroatoms. The molecule has 0 spiro atoms. The van der Waals surface area contributed by atoms with Crippen molar-refractivity contribution in [1.82, 2.24) is 19.5 Å². The van der Waals surface area contributed by atoms with Crippen molar-refractivity contribution in [1.29, 1.82) is 0 Å². The van der Waals surface area contributed by atoms with Crippen molar-refractivity contribution >= 4 is 31.6 Å². The van der Waals surface area contributed by atoms with Gasteiger partial charge in [0.2, 0.25) is 21.1 Å². The average molecular weight is 561 g/mol. The molecule has 4 rings (SSSR count). The molecule has 13 nitrogen and oxygen atoms in total. The number of carbonyl (C=O) groups is 1. The lowest BCUT2D eigenvalue weighted by molar-refractivity contribution is 0.0244. The van der Waals surface area contributed by atoms with Gasteiger partial charge < -0.3 is 33.8 Å². The van der Waals surface area contributed by atoms with E-state index in [1.54, 1.807) is 41.0 Å². The van der Waals surface area contributed by atoms with Crippen molar-refractivity contribution in [2.75, 3.05) is 32.6 Å². The molecule has 0 amide bonds. The fourth-order valence-corrected chi connectivity index (χ4v) is 4.19. The molecule has 0 aliphatic heterocycles. The van der Waals surface area contributed by atoms with Gasteiger partial charge in [0.25, 0.3) is 5.56 Å². The second-order valence-corrected chi connectivity index (χ2v) is 9.19. The minimum Gasteiger partial charge on any atom is -0.497 e. The van der Waals surface area contributed by atoms with E-state index in [0.29, 0.717) is 23.5 Å². The van der Waals surface area contributed by atoms with Crippen LogP contribution in [-0.2, 0) is 31.7 Å². The summed E-state index contributed by atoms with van der Waals surface area (Å²) in [5.41, 5.74) is 6.25. The lowest BCUT2D eigenvalue weighted by Crippen LogP contribution is -2.14. The number of anilines is 1. The highest BCUT2D eigenvalue weighted by molar-refractivity contribution is 7.46. The minimum atomic E-state index is -1.71. The van der Waals surface area contributed by atoms with Gasteiger partial charge in [-0.05, 0) is 42.0 Å². The number of aromatic amines is 1. The fraction of sp³-hybridized carbons (Fsp3) is 0.250. The molecule has 3 N–H and O–H groups in total. The zero-order valence-electron chi connectivity index (χ0n) is 20.7. The SMILES string of the molecule is COc1ccc(OC(=O)OCOP(COCCn2cnc3c(=O)[nH]c(N)nc32)OCc2cccc(F)c2)cc1. The van der Waals surface area contributed by atoms with E-state index in [2.05, 4.69) is 15.0 Å². The lowest BCUT2D eigenvalue weighted by Gasteiger charge is -2.18. The van der Waals surface area contributed by atoms with Crippen LogP contribution in [0.4, 0.5) is 15.1 Å². The van der Waals surface area contributed by atoms with Crippen molar-refractivity contribution in [3.63, 3.8) is 0 Å². The van der Waals surface area contributed by atoms with Crippen LogP contribution in [0.2, 0.25) is 0 Å². The largest absolute Gasteiger partial charge is 0.515 e. The quantitative estimate of drug-likeness (QED) is 0.0807. The summed E-state index contributed by atoms with van der Waals surface area (Å²) in [6, 6.07) is 12.3. The number of rotatable bonds is 13.